The molecule has 102 valence electrons. The monoisotopic (exact) mass is 283 g/mol. The molecule has 0 bridgehead atoms. The third-order valence-corrected chi connectivity index (χ3v) is 2.11. The van der Waals surface area contributed by atoms with Gasteiger partial charge >= 0.3 is 5.97 Å². The number of carbonyl (C=O) groups is 1. The highest BCUT2D eigenvalue weighted by molar-refractivity contribution is 5.85. The fraction of sp³-hybridized carbons (Fsp3) is 0.364. The first-order valence-corrected chi connectivity index (χ1v) is 5.01. The molecule has 7 heteroatoms. The van der Waals surface area contributed by atoms with E-state index in [9.17, 15) is 18.0 Å². The molecule has 0 aliphatic heterocycles. The molecular weight excluding hydrogens is 271 g/mol. The topological polar surface area (TPSA) is 52.3 Å². The number of rotatable bonds is 4. The van der Waals surface area contributed by atoms with E-state index in [1.807, 2.05) is 0 Å². The molecule has 0 unspecified atom stereocenters. The van der Waals surface area contributed by atoms with Crippen molar-refractivity contribution >= 4 is 18.4 Å². The molecule has 1 atom stereocenters. The van der Waals surface area contributed by atoms with Crippen molar-refractivity contribution in [1.29, 1.82) is 0 Å². The lowest BCUT2D eigenvalue weighted by atomic mass is 10.0. The molecule has 0 aromatic heterocycles. The Morgan fingerprint density at radius 2 is 1.83 bits per heavy atom. The first-order valence-electron chi connectivity index (χ1n) is 5.01. The molecule has 2 N–H and O–H groups in total. The molecule has 0 fully saturated rings. The Kier molecular flexibility index (Phi) is 6.72. The van der Waals surface area contributed by atoms with Crippen molar-refractivity contribution in [2.24, 2.45) is 5.73 Å². The normalized spacial score (nSPS) is 11.6. The lowest BCUT2D eigenvalue weighted by Gasteiger charge is -2.13. The maximum atomic E-state index is 13.3. The first-order chi connectivity index (χ1) is 7.95. The lowest BCUT2D eigenvalue weighted by Crippen LogP contribution is -2.20. The zero-order chi connectivity index (χ0) is 13.0. The molecular formula is C11H13ClF3NO2. The van der Waals surface area contributed by atoms with Crippen molar-refractivity contribution in [2.75, 3.05) is 6.61 Å². The van der Waals surface area contributed by atoms with Gasteiger partial charge < -0.3 is 10.5 Å². The summed E-state index contributed by atoms with van der Waals surface area (Å²) < 4.78 is 43.8. The summed E-state index contributed by atoms with van der Waals surface area (Å²) in [6.45, 7) is 1.75. The van der Waals surface area contributed by atoms with Crippen LogP contribution in [0.15, 0.2) is 12.1 Å². The van der Waals surface area contributed by atoms with Crippen LogP contribution in [0.3, 0.4) is 0 Å². The Balaban J connectivity index is 0.00000289. The second kappa shape index (κ2) is 7.23. The third kappa shape index (κ3) is 4.19. The molecule has 0 radical (unpaired) electrons. The van der Waals surface area contributed by atoms with Gasteiger partial charge in [-0.3, -0.25) is 4.79 Å². The fourth-order valence-electron chi connectivity index (χ4n) is 1.41. The van der Waals surface area contributed by atoms with E-state index in [0.29, 0.717) is 12.1 Å². The van der Waals surface area contributed by atoms with E-state index in [0.717, 1.165) is 0 Å². The molecule has 0 amide bonds. The van der Waals surface area contributed by atoms with Crippen molar-refractivity contribution in [2.45, 2.75) is 19.4 Å². The average Bonchev–Trinajstić information content (AvgIpc) is 2.15. The minimum atomic E-state index is -1.20. The Morgan fingerprint density at radius 3 is 2.28 bits per heavy atom. The van der Waals surface area contributed by atoms with Gasteiger partial charge in [0.25, 0.3) is 0 Å². The van der Waals surface area contributed by atoms with Crippen molar-refractivity contribution in [3.63, 3.8) is 0 Å². The molecule has 18 heavy (non-hydrogen) atoms. The highest BCUT2D eigenvalue weighted by Gasteiger charge is 2.21. The van der Waals surface area contributed by atoms with E-state index in [1.165, 1.54) is 0 Å². The number of carbonyl (C=O) groups excluding carboxylic acids is 1. The molecule has 3 nitrogen and oxygen atoms in total. The van der Waals surface area contributed by atoms with E-state index < -0.39 is 35.0 Å². The zero-order valence-corrected chi connectivity index (χ0v) is 10.4. The molecule has 1 rings (SSSR count). The van der Waals surface area contributed by atoms with Crippen LogP contribution < -0.4 is 5.73 Å². The molecule has 1 aromatic rings. The van der Waals surface area contributed by atoms with Crippen LogP contribution in [0.1, 0.15) is 24.9 Å². The minimum Gasteiger partial charge on any atom is -0.466 e. The Labute approximate surface area is 109 Å². The summed E-state index contributed by atoms with van der Waals surface area (Å²) >= 11 is 0. The van der Waals surface area contributed by atoms with Crippen LogP contribution in [0.4, 0.5) is 13.2 Å². The lowest BCUT2D eigenvalue weighted by molar-refractivity contribution is -0.143. The molecule has 0 saturated heterocycles. The highest BCUT2D eigenvalue weighted by Crippen LogP contribution is 2.22. The maximum absolute atomic E-state index is 13.3. The van der Waals surface area contributed by atoms with Gasteiger partial charge in [0.1, 0.15) is 17.5 Å². The van der Waals surface area contributed by atoms with Gasteiger partial charge in [-0.25, -0.2) is 13.2 Å². The van der Waals surface area contributed by atoms with Crippen molar-refractivity contribution in [3.05, 3.63) is 35.1 Å². The highest BCUT2D eigenvalue weighted by atomic mass is 35.5. The SMILES string of the molecule is CCOC(=O)C[C@@H](N)c1c(F)cc(F)cc1F.Cl. The quantitative estimate of drug-likeness (QED) is 0.864. The predicted molar refractivity (Wildman–Crippen MR) is 61.7 cm³/mol. The van der Waals surface area contributed by atoms with Crippen molar-refractivity contribution in [1.82, 2.24) is 0 Å². The predicted octanol–water partition coefficient (Wildman–Crippen LogP) is 2.48. The van der Waals surface area contributed by atoms with Crippen LogP contribution in [0.25, 0.3) is 0 Å². The number of benzene rings is 1. The molecule has 1 aromatic carbocycles. The van der Waals surface area contributed by atoms with E-state index in [-0.39, 0.29) is 25.4 Å². The van der Waals surface area contributed by atoms with Gasteiger partial charge in [0.15, 0.2) is 0 Å². The molecule has 0 aliphatic rings. The summed E-state index contributed by atoms with van der Waals surface area (Å²) in [6, 6.07) is -0.165. The summed E-state index contributed by atoms with van der Waals surface area (Å²) in [6.07, 6.45) is -0.368. The largest absolute Gasteiger partial charge is 0.466 e. The van der Waals surface area contributed by atoms with Crippen molar-refractivity contribution in [3.8, 4) is 0 Å². The third-order valence-electron chi connectivity index (χ3n) is 2.11. The Morgan fingerprint density at radius 1 is 1.33 bits per heavy atom. The summed E-state index contributed by atoms with van der Waals surface area (Å²) in [4.78, 5) is 11.1. The summed E-state index contributed by atoms with van der Waals surface area (Å²) in [5.41, 5.74) is 4.96. The van der Waals surface area contributed by atoms with E-state index in [2.05, 4.69) is 4.74 Å². The van der Waals surface area contributed by atoms with Crippen LogP contribution in [0.5, 0.6) is 0 Å². The van der Waals surface area contributed by atoms with Gasteiger partial charge in [-0.2, -0.15) is 0 Å². The van der Waals surface area contributed by atoms with Crippen molar-refractivity contribution < 1.29 is 22.7 Å². The van der Waals surface area contributed by atoms with Gasteiger partial charge in [0, 0.05) is 23.7 Å². The standard InChI is InChI=1S/C11H12F3NO2.ClH/c1-2-17-10(16)5-9(15)11-7(13)3-6(12)4-8(11)14;/h3-4,9H,2,5,15H2,1H3;1H/t9-;/m1./s1. The van der Waals surface area contributed by atoms with Gasteiger partial charge in [-0.15, -0.1) is 12.4 Å². The van der Waals surface area contributed by atoms with Gasteiger partial charge in [0.2, 0.25) is 0 Å². The molecule has 0 saturated carbocycles. The number of ether oxygens (including phenoxy) is 1. The Bertz CT molecular complexity index is 406. The van der Waals surface area contributed by atoms with E-state index in [4.69, 9.17) is 5.73 Å². The number of hydrogen-bond acceptors (Lipinski definition) is 3. The van der Waals surface area contributed by atoms with Crippen LogP contribution >= 0.6 is 12.4 Å². The molecule has 0 aliphatic carbocycles. The second-order valence-electron chi connectivity index (χ2n) is 3.40. The Hall–Kier alpha value is -1.27. The number of nitrogens with two attached hydrogens (primary N) is 1. The average molecular weight is 284 g/mol. The van der Waals surface area contributed by atoms with Crippen LogP contribution in [0.2, 0.25) is 0 Å². The van der Waals surface area contributed by atoms with E-state index in [1.54, 1.807) is 6.92 Å². The molecule has 0 spiro atoms. The minimum absolute atomic E-state index is 0. The van der Waals surface area contributed by atoms with Crippen LogP contribution in [0, 0.1) is 17.5 Å². The number of hydrogen-bond donors (Lipinski definition) is 1. The number of halogens is 4. The van der Waals surface area contributed by atoms with Gasteiger partial charge in [0.05, 0.1) is 13.0 Å². The van der Waals surface area contributed by atoms with E-state index >= 15 is 0 Å². The smallest absolute Gasteiger partial charge is 0.307 e. The van der Waals surface area contributed by atoms with Gasteiger partial charge in [-0.05, 0) is 6.92 Å². The summed E-state index contributed by atoms with van der Waals surface area (Å²) in [5, 5.41) is 0. The number of esters is 1. The zero-order valence-electron chi connectivity index (χ0n) is 9.58. The summed E-state index contributed by atoms with van der Waals surface area (Å²) in [5.74, 6) is -3.92. The van der Waals surface area contributed by atoms with Crippen LogP contribution in [-0.2, 0) is 9.53 Å². The maximum Gasteiger partial charge on any atom is 0.307 e. The summed E-state index contributed by atoms with van der Waals surface area (Å²) in [7, 11) is 0. The van der Waals surface area contributed by atoms with Gasteiger partial charge in [-0.1, -0.05) is 0 Å². The second-order valence-corrected chi connectivity index (χ2v) is 3.40. The van der Waals surface area contributed by atoms with Crippen LogP contribution in [-0.4, -0.2) is 12.6 Å². The fourth-order valence-corrected chi connectivity index (χ4v) is 1.41. The molecule has 0 heterocycles. The first kappa shape index (κ1) is 16.7.